The van der Waals surface area contributed by atoms with Crippen LogP contribution in [0.25, 0.3) is 10.9 Å². The van der Waals surface area contributed by atoms with Crippen molar-refractivity contribution in [2.24, 2.45) is 0 Å². The number of nitrogens with zero attached hydrogens (tertiary/aromatic N) is 2. The molecule has 0 spiro atoms. The van der Waals surface area contributed by atoms with Gasteiger partial charge in [0.25, 0.3) is 5.56 Å². The average Bonchev–Trinajstić information content (AvgIpc) is 2.79. The maximum Gasteiger partial charge on any atom is 0.347 e. The van der Waals surface area contributed by atoms with Crippen molar-refractivity contribution in [1.29, 1.82) is 0 Å². The number of aromatic nitrogens is 2. The van der Waals surface area contributed by atoms with Crippen LogP contribution in [0, 0.1) is 0 Å². The topological polar surface area (TPSA) is 71.2 Å². The Labute approximate surface area is 96.4 Å². The van der Waals surface area contributed by atoms with Crippen molar-refractivity contribution in [1.82, 2.24) is 9.66 Å². The van der Waals surface area contributed by atoms with Crippen molar-refractivity contribution in [3.63, 3.8) is 0 Å². The van der Waals surface area contributed by atoms with Crippen LogP contribution in [0.2, 0.25) is 0 Å². The van der Waals surface area contributed by atoms with Crippen LogP contribution in [0.3, 0.4) is 0 Å². The van der Waals surface area contributed by atoms with Crippen LogP contribution in [-0.2, 0) is 0 Å². The van der Waals surface area contributed by atoms with Crippen molar-refractivity contribution < 1.29 is 4.42 Å². The second-order valence-electron chi connectivity index (χ2n) is 4.26. The Morgan fingerprint density at radius 3 is 2.65 bits per heavy atom. The smallest absolute Gasteiger partial charge is 0.347 e. The molecule has 1 aliphatic rings. The highest BCUT2D eigenvalue weighted by atomic mass is 16.3. The van der Waals surface area contributed by atoms with E-state index >= 15 is 0 Å². The van der Waals surface area contributed by atoms with Crippen LogP contribution >= 0.6 is 0 Å². The molecule has 6 nitrogen and oxygen atoms in total. The van der Waals surface area contributed by atoms with Gasteiger partial charge in [-0.1, -0.05) is 0 Å². The van der Waals surface area contributed by atoms with E-state index in [9.17, 15) is 9.59 Å². The fourth-order valence-corrected chi connectivity index (χ4v) is 2.31. The third kappa shape index (κ3) is 1.56. The van der Waals surface area contributed by atoms with Gasteiger partial charge in [0.2, 0.25) is 0 Å². The van der Waals surface area contributed by atoms with Crippen LogP contribution in [0.4, 0.5) is 0 Å². The van der Waals surface area contributed by atoms with Crippen molar-refractivity contribution in [3.05, 3.63) is 33.4 Å². The molecular weight excluding hydrogens is 222 g/mol. The van der Waals surface area contributed by atoms with E-state index < -0.39 is 11.2 Å². The molecule has 0 amide bonds. The van der Waals surface area contributed by atoms with Crippen molar-refractivity contribution >= 4 is 10.9 Å². The number of hydrogen-bond acceptors (Lipinski definition) is 4. The Morgan fingerprint density at radius 2 is 1.88 bits per heavy atom. The van der Waals surface area contributed by atoms with E-state index in [-0.39, 0.29) is 0 Å². The zero-order valence-corrected chi connectivity index (χ0v) is 9.31. The lowest BCUT2D eigenvalue weighted by Gasteiger charge is -2.29. The summed E-state index contributed by atoms with van der Waals surface area (Å²) >= 11 is 0. The van der Waals surface area contributed by atoms with Crippen LogP contribution in [0.1, 0.15) is 19.3 Å². The number of hydrogen-bond donors (Lipinski definition) is 1. The molecule has 0 saturated carbocycles. The highest BCUT2D eigenvalue weighted by Crippen LogP contribution is 2.12. The van der Waals surface area contributed by atoms with Gasteiger partial charge in [-0.15, -0.1) is 0 Å². The molecule has 0 bridgehead atoms. The molecule has 1 aliphatic heterocycles. The minimum atomic E-state index is -0.397. The molecule has 1 N–H and O–H groups in total. The van der Waals surface area contributed by atoms with Gasteiger partial charge >= 0.3 is 5.69 Å². The maximum absolute atomic E-state index is 11.9. The quantitative estimate of drug-likeness (QED) is 0.776. The summed E-state index contributed by atoms with van der Waals surface area (Å²) in [6, 6.07) is 0. The number of furan rings is 1. The van der Waals surface area contributed by atoms with Crippen LogP contribution < -0.4 is 16.3 Å². The number of fused-ring (bicyclic) bond motifs is 1. The molecule has 0 unspecified atom stereocenters. The summed E-state index contributed by atoms with van der Waals surface area (Å²) in [6.45, 7) is 1.65. The minimum Gasteiger partial charge on any atom is -0.469 e. The molecule has 1 saturated heterocycles. The SMILES string of the molecule is O=c1[nH]c(=O)n(N2CCCCC2)c2cocc12. The normalized spacial score (nSPS) is 16.6. The lowest BCUT2D eigenvalue weighted by Crippen LogP contribution is -2.47. The van der Waals surface area contributed by atoms with Gasteiger partial charge in [-0.2, -0.15) is 0 Å². The molecule has 1 fully saturated rings. The first-order valence-corrected chi connectivity index (χ1v) is 5.74. The Hall–Kier alpha value is -1.98. The molecule has 3 rings (SSSR count). The zero-order chi connectivity index (χ0) is 11.8. The fourth-order valence-electron chi connectivity index (χ4n) is 2.31. The van der Waals surface area contributed by atoms with Gasteiger partial charge < -0.3 is 9.43 Å². The van der Waals surface area contributed by atoms with E-state index in [4.69, 9.17) is 4.42 Å². The Bertz CT molecular complexity index is 646. The van der Waals surface area contributed by atoms with Gasteiger partial charge in [-0.05, 0) is 19.3 Å². The summed E-state index contributed by atoms with van der Waals surface area (Å²) in [5, 5.41) is 2.37. The van der Waals surface area contributed by atoms with Gasteiger partial charge in [0, 0.05) is 13.1 Å². The number of rotatable bonds is 1. The van der Waals surface area contributed by atoms with Crippen LogP contribution in [-0.4, -0.2) is 22.7 Å². The maximum atomic E-state index is 11.9. The van der Waals surface area contributed by atoms with E-state index in [1.807, 2.05) is 5.01 Å². The molecule has 90 valence electrons. The molecule has 2 aromatic rings. The lowest BCUT2D eigenvalue weighted by molar-refractivity contribution is 0.472. The van der Waals surface area contributed by atoms with Crippen LogP contribution in [0.5, 0.6) is 0 Å². The van der Waals surface area contributed by atoms with Gasteiger partial charge in [0.15, 0.2) is 0 Å². The Morgan fingerprint density at radius 1 is 1.12 bits per heavy atom. The molecule has 0 aliphatic carbocycles. The van der Waals surface area contributed by atoms with Gasteiger partial charge in [0.05, 0.1) is 0 Å². The molecule has 0 atom stereocenters. The van der Waals surface area contributed by atoms with Gasteiger partial charge in [-0.3, -0.25) is 9.78 Å². The summed E-state index contributed by atoms with van der Waals surface area (Å²) in [6.07, 6.45) is 6.12. The number of H-pyrrole nitrogens is 1. The van der Waals surface area contributed by atoms with Crippen molar-refractivity contribution in [2.75, 3.05) is 18.1 Å². The highest BCUT2D eigenvalue weighted by Gasteiger charge is 2.16. The summed E-state index contributed by atoms with van der Waals surface area (Å²) < 4.78 is 6.54. The number of piperidine rings is 1. The second-order valence-corrected chi connectivity index (χ2v) is 4.26. The third-order valence-electron chi connectivity index (χ3n) is 3.14. The highest BCUT2D eigenvalue weighted by molar-refractivity contribution is 5.76. The Kier molecular flexibility index (Phi) is 2.28. The summed E-state index contributed by atoms with van der Waals surface area (Å²) in [4.78, 5) is 25.7. The number of aromatic amines is 1. The third-order valence-corrected chi connectivity index (χ3v) is 3.14. The molecule has 0 radical (unpaired) electrons. The minimum absolute atomic E-state index is 0.396. The van der Waals surface area contributed by atoms with E-state index in [1.165, 1.54) is 23.6 Å². The van der Waals surface area contributed by atoms with Gasteiger partial charge in [0.1, 0.15) is 23.4 Å². The van der Waals surface area contributed by atoms with Gasteiger partial charge in [-0.25, -0.2) is 9.47 Å². The fraction of sp³-hybridized carbons (Fsp3) is 0.455. The van der Waals surface area contributed by atoms with E-state index in [0.29, 0.717) is 10.9 Å². The van der Waals surface area contributed by atoms with E-state index in [0.717, 1.165) is 25.9 Å². The first-order chi connectivity index (χ1) is 8.27. The van der Waals surface area contributed by atoms with Crippen molar-refractivity contribution in [3.8, 4) is 0 Å². The molecular formula is C11H13N3O3. The molecule has 6 heteroatoms. The van der Waals surface area contributed by atoms with E-state index in [1.54, 1.807) is 0 Å². The Balaban J connectivity index is 2.24. The zero-order valence-electron chi connectivity index (χ0n) is 9.31. The largest absolute Gasteiger partial charge is 0.469 e. The second kappa shape index (κ2) is 3.80. The summed E-state index contributed by atoms with van der Waals surface area (Å²) in [5.41, 5.74) is -0.251. The molecule has 0 aromatic carbocycles. The monoisotopic (exact) mass is 235 g/mol. The standard InChI is InChI=1S/C11H13N3O3/c15-10-8-6-17-7-9(8)14(11(16)12-10)13-4-2-1-3-5-13/h6-7H,1-5H2,(H,12,15,16). The summed E-state index contributed by atoms with van der Waals surface area (Å²) in [7, 11) is 0. The first kappa shape index (κ1) is 10.2. The van der Waals surface area contributed by atoms with Crippen molar-refractivity contribution in [2.45, 2.75) is 19.3 Å². The predicted molar refractivity (Wildman–Crippen MR) is 62.9 cm³/mol. The average molecular weight is 235 g/mol. The number of nitrogens with one attached hydrogen (secondary N) is 1. The summed E-state index contributed by atoms with van der Waals surface area (Å²) in [5.74, 6) is 0. The first-order valence-electron chi connectivity index (χ1n) is 5.74. The van der Waals surface area contributed by atoms with E-state index in [2.05, 4.69) is 4.98 Å². The molecule has 3 heterocycles. The predicted octanol–water partition coefficient (Wildman–Crippen LogP) is 0.405. The molecule has 17 heavy (non-hydrogen) atoms. The lowest BCUT2D eigenvalue weighted by atomic mass is 10.2. The van der Waals surface area contributed by atoms with Crippen LogP contribution in [0.15, 0.2) is 26.5 Å². The molecule has 2 aromatic heterocycles.